The van der Waals surface area contributed by atoms with Crippen molar-refractivity contribution < 1.29 is 9.53 Å². The number of methoxy groups -OCH3 is 1. The molecule has 0 aliphatic heterocycles. The highest BCUT2D eigenvalue weighted by Gasteiger charge is 2.13. The number of carbonyl (C=O) groups excluding carboxylic acids is 1. The number of hydrogen-bond acceptors (Lipinski definition) is 4. The maximum absolute atomic E-state index is 12.5. The van der Waals surface area contributed by atoms with Crippen molar-refractivity contribution in [2.75, 3.05) is 7.11 Å². The van der Waals surface area contributed by atoms with E-state index < -0.39 is 0 Å². The summed E-state index contributed by atoms with van der Waals surface area (Å²) in [5, 5.41) is 4.01. The van der Waals surface area contributed by atoms with E-state index in [1.165, 1.54) is 11.3 Å². The fraction of sp³-hybridized carbons (Fsp3) is 0.100. The SMILES string of the molecule is COc1cccc(CNC(=O)c2ccc(-c3c[nH]c4ncccc34)s2)c1. The summed E-state index contributed by atoms with van der Waals surface area (Å²) in [6.07, 6.45) is 3.69. The first kappa shape index (κ1) is 16.4. The molecule has 0 bridgehead atoms. The molecule has 0 aliphatic rings. The van der Waals surface area contributed by atoms with Gasteiger partial charge in [0.25, 0.3) is 5.91 Å². The van der Waals surface area contributed by atoms with Gasteiger partial charge >= 0.3 is 0 Å². The molecule has 0 unspecified atom stereocenters. The van der Waals surface area contributed by atoms with Crippen molar-refractivity contribution in [2.24, 2.45) is 0 Å². The Hall–Kier alpha value is -3.12. The van der Waals surface area contributed by atoms with Gasteiger partial charge in [0.05, 0.1) is 12.0 Å². The fourth-order valence-electron chi connectivity index (χ4n) is 2.82. The number of amides is 1. The number of nitrogens with zero attached hydrogens (tertiary/aromatic N) is 1. The number of rotatable bonds is 5. The number of benzene rings is 1. The third-order valence-corrected chi connectivity index (χ3v) is 5.25. The summed E-state index contributed by atoms with van der Waals surface area (Å²) < 4.78 is 5.21. The number of aromatic amines is 1. The first-order valence-corrected chi connectivity index (χ1v) is 8.99. The lowest BCUT2D eigenvalue weighted by Crippen LogP contribution is -2.21. The van der Waals surface area contributed by atoms with Gasteiger partial charge in [0, 0.05) is 34.8 Å². The lowest BCUT2D eigenvalue weighted by atomic mass is 10.2. The van der Waals surface area contributed by atoms with E-state index in [2.05, 4.69) is 15.3 Å². The van der Waals surface area contributed by atoms with E-state index in [0.29, 0.717) is 11.4 Å². The summed E-state index contributed by atoms with van der Waals surface area (Å²) in [5.74, 6) is 0.699. The van der Waals surface area contributed by atoms with Gasteiger partial charge in [0.1, 0.15) is 11.4 Å². The molecule has 3 heterocycles. The molecule has 2 N–H and O–H groups in total. The molecule has 0 radical (unpaired) electrons. The van der Waals surface area contributed by atoms with Crippen molar-refractivity contribution in [3.63, 3.8) is 0 Å². The summed E-state index contributed by atoms with van der Waals surface area (Å²) in [6.45, 7) is 0.459. The Morgan fingerprint density at radius 1 is 1.23 bits per heavy atom. The zero-order valence-electron chi connectivity index (χ0n) is 14.2. The molecule has 0 saturated heterocycles. The highest BCUT2D eigenvalue weighted by atomic mass is 32.1. The molecule has 5 nitrogen and oxygen atoms in total. The Labute approximate surface area is 154 Å². The van der Waals surface area contributed by atoms with Crippen molar-refractivity contribution in [1.82, 2.24) is 15.3 Å². The van der Waals surface area contributed by atoms with Crippen molar-refractivity contribution in [2.45, 2.75) is 6.54 Å². The number of aromatic nitrogens is 2. The fourth-order valence-corrected chi connectivity index (χ4v) is 3.77. The maximum atomic E-state index is 12.5. The summed E-state index contributed by atoms with van der Waals surface area (Å²) in [7, 11) is 1.63. The summed E-state index contributed by atoms with van der Waals surface area (Å²) >= 11 is 1.47. The highest BCUT2D eigenvalue weighted by molar-refractivity contribution is 7.17. The van der Waals surface area contributed by atoms with Crippen LogP contribution >= 0.6 is 11.3 Å². The molecule has 0 fully saturated rings. The average Bonchev–Trinajstić information content (AvgIpc) is 3.33. The van der Waals surface area contributed by atoms with Gasteiger partial charge in [-0.15, -0.1) is 11.3 Å². The van der Waals surface area contributed by atoms with Crippen LogP contribution in [0.25, 0.3) is 21.5 Å². The number of ether oxygens (including phenoxy) is 1. The summed E-state index contributed by atoms with van der Waals surface area (Å²) in [5.41, 5.74) is 2.90. The standard InChI is InChI=1S/C20H17N3O2S/c1-25-14-5-2-4-13(10-14)11-23-20(24)18-8-7-17(26-18)16-12-22-19-15(16)6-3-9-21-19/h2-10,12H,11H2,1H3,(H,21,22)(H,23,24). The second-order valence-electron chi connectivity index (χ2n) is 5.80. The number of fused-ring (bicyclic) bond motifs is 1. The molecule has 6 heteroatoms. The van der Waals surface area contributed by atoms with E-state index in [1.807, 2.05) is 54.7 Å². The van der Waals surface area contributed by atoms with Crippen LogP contribution in [0.4, 0.5) is 0 Å². The Morgan fingerprint density at radius 2 is 2.15 bits per heavy atom. The van der Waals surface area contributed by atoms with Gasteiger partial charge < -0.3 is 15.0 Å². The number of carbonyl (C=O) groups is 1. The number of thiophene rings is 1. The molecular weight excluding hydrogens is 346 g/mol. The monoisotopic (exact) mass is 363 g/mol. The van der Waals surface area contributed by atoms with Crippen LogP contribution in [-0.2, 0) is 6.54 Å². The van der Waals surface area contributed by atoms with E-state index in [1.54, 1.807) is 13.3 Å². The van der Waals surface area contributed by atoms with Gasteiger partial charge in [0.2, 0.25) is 0 Å². The third kappa shape index (κ3) is 3.19. The zero-order chi connectivity index (χ0) is 17.9. The van der Waals surface area contributed by atoms with Crippen LogP contribution in [0.2, 0.25) is 0 Å². The number of H-pyrrole nitrogens is 1. The zero-order valence-corrected chi connectivity index (χ0v) is 15.0. The smallest absolute Gasteiger partial charge is 0.261 e. The Morgan fingerprint density at radius 3 is 3.04 bits per heavy atom. The second kappa shape index (κ2) is 7.01. The van der Waals surface area contributed by atoms with Crippen molar-refractivity contribution in [3.05, 3.63) is 71.4 Å². The highest BCUT2D eigenvalue weighted by Crippen LogP contribution is 2.33. The summed E-state index contributed by atoms with van der Waals surface area (Å²) in [6, 6.07) is 15.4. The predicted molar refractivity (Wildman–Crippen MR) is 104 cm³/mol. The van der Waals surface area contributed by atoms with Gasteiger partial charge in [-0.25, -0.2) is 4.98 Å². The summed E-state index contributed by atoms with van der Waals surface area (Å²) in [4.78, 5) is 21.7. The molecule has 26 heavy (non-hydrogen) atoms. The molecule has 1 amide bonds. The minimum absolute atomic E-state index is 0.0814. The second-order valence-corrected chi connectivity index (χ2v) is 6.88. The minimum Gasteiger partial charge on any atom is -0.497 e. The Balaban J connectivity index is 1.49. The van der Waals surface area contributed by atoms with Crippen molar-refractivity contribution in [3.8, 4) is 16.2 Å². The van der Waals surface area contributed by atoms with Crippen LogP contribution in [0.1, 0.15) is 15.2 Å². The normalized spacial score (nSPS) is 10.8. The third-order valence-electron chi connectivity index (χ3n) is 4.13. The molecule has 0 aliphatic carbocycles. The Kier molecular flexibility index (Phi) is 4.41. The molecule has 4 aromatic rings. The molecule has 3 aromatic heterocycles. The van der Waals surface area contributed by atoms with Crippen molar-refractivity contribution in [1.29, 1.82) is 0 Å². The number of nitrogens with one attached hydrogen (secondary N) is 2. The molecule has 4 rings (SSSR count). The molecule has 0 atom stereocenters. The van der Waals surface area contributed by atoms with Crippen LogP contribution in [0.3, 0.4) is 0 Å². The van der Waals surface area contributed by atoms with Crippen molar-refractivity contribution >= 4 is 28.3 Å². The molecule has 1 aromatic carbocycles. The van der Waals surface area contributed by atoms with Crippen LogP contribution in [-0.4, -0.2) is 23.0 Å². The molecule has 130 valence electrons. The van der Waals surface area contributed by atoms with Gasteiger partial charge in [0.15, 0.2) is 0 Å². The largest absolute Gasteiger partial charge is 0.497 e. The van der Waals surface area contributed by atoms with E-state index in [0.717, 1.165) is 32.8 Å². The first-order chi connectivity index (χ1) is 12.7. The first-order valence-electron chi connectivity index (χ1n) is 8.18. The van der Waals surface area contributed by atoms with Crippen LogP contribution in [0, 0.1) is 0 Å². The molecule has 0 spiro atoms. The maximum Gasteiger partial charge on any atom is 0.261 e. The van der Waals surface area contributed by atoms with Crippen LogP contribution in [0.15, 0.2) is 60.9 Å². The van der Waals surface area contributed by atoms with Gasteiger partial charge in [-0.05, 0) is 42.0 Å². The van der Waals surface area contributed by atoms with Gasteiger partial charge in [-0.1, -0.05) is 12.1 Å². The van der Waals surface area contributed by atoms with Crippen LogP contribution < -0.4 is 10.1 Å². The Bertz CT molecular complexity index is 1070. The van der Waals surface area contributed by atoms with Crippen LogP contribution in [0.5, 0.6) is 5.75 Å². The average molecular weight is 363 g/mol. The van der Waals surface area contributed by atoms with E-state index in [-0.39, 0.29) is 5.91 Å². The van der Waals surface area contributed by atoms with Gasteiger partial charge in [-0.3, -0.25) is 4.79 Å². The van der Waals surface area contributed by atoms with E-state index in [9.17, 15) is 4.79 Å². The number of pyridine rings is 1. The van der Waals surface area contributed by atoms with Gasteiger partial charge in [-0.2, -0.15) is 0 Å². The van der Waals surface area contributed by atoms with E-state index >= 15 is 0 Å². The minimum atomic E-state index is -0.0814. The molecular formula is C20H17N3O2S. The quantitative estimate of drug-likeness (QED) is 0.558. The lowest BCUT2D eigenvalue weighted by molar-refractivity contribution is 0.0955. The topological polar surface area (TPSA) is 67.0 Å². The van der Waals surface area contributed by atoms with E-state index in [4.69, 9.17) is 4.74 Å². The molecule has 0 saturated carbocycles. The lowest BCUT2D eigenvalue weighted by Gasteiger charge is -2.06. The number of hydrogen-bond donors (Lipinski definition) is 2. The predicted octanol–water partition coefficient (Wildman–Crippen LogP) is 4.23.